The molecule has 2 aromatic rings. The van der Waals surface area contributed by atoms with Gasteiger partial charge in [0, 0.05) is 11.5 Å². The van der Waals surface area contributed by atoms with Crippen LogP contribution in [0.25, 0.3) is 11.4 Å². The molecule has 0 aliphatic heterocycles. The minimum Gasteiger partial charge on any atom is -0.493 e. The summed E-state index contributed by atoms with van der Waals surface area (Å²) in [5, 5.41) is 7.16. The second-order valence-corrected chi connectivity index (χ2v) is 4.61. The Balaban J connectivity index is 2.50. The third-order valence-corrected chi connectivity index (χ3v) is 2.97. The first-order chi connectivity index (χ1) is 9.60. The monoisotopic (exact) mass is 277 g/mol. The highest BCUT2D eigenvalue weighted by Gasteiger charge is 2.16. The Bertz CT molecular complexity index is 568. The first-order valence-corrected chi connectivity index (χ1v) is 6.33. The average molecular weight is 277 g/mol. The topological polar surface area (TPSA) is 69.3 Å². The van der Waals surface area contributed by atoms with Crippen LogP contribution in [0.15, 0.2) is 12.1 Å². The van der Waals surface area contributed by atoms with E-state index in [0.717, 1.165) is 11.4 Å². The van der Waals surface area contributed by atoms with Gasteiger partial charge in [0.1, 0.15) is 5.82 Å². The summed E-state index contributed by atoms with van der Waals surface area (Å²) in [6.07, 6.45) is 0. The zero-order chi connectivity index (χ0) is 14.7. The Kier molecular flexibility index (Phi) is 4.12. The molecule has 0 saturated carbocycles. The minimum atomic E-state index is 0.290. The molecule has 0 amide bonds. The molecule has 108 valence electrons. The van der Waals surface area contributed by atoms with E-state index in [2.05, 4.69) is 29.0 Å². The number of ether oxygens (including phenoxy) is 3. The maximum atomic E-state index is 5.32. The van der Waals surface area contributed by atoms with Crippen LogP contribution in [0.3, 0.4) is 0 Å². The van der Waals surface area contributed by atoms with Crippen molar-refractivity contribution in [3.63, 3.8) is 0 Å². The van der Waals surface area contributed by atoms with E-state index in [4.69, 9.17) is 14.2 Å². The van der Waals surface area contributed by atoms with Crippen molar-refractivity contribution in [3.05, 3.63) is 18.0 Å². The molecule has 0 atom stereocenters. The predicted octanol–water partition coefficient (Wildman–Crippen LogP) is 2.62. The molecule has 1 N–H and O–H groups in total. The van der Waals surface area contributed by atoms with E-state index in [0.29, 0.717) is 29.0 Å². The number of aromatic amines is 1. The van der Waals surface area contributed by atoms with Crippen LogP contribution in [0.1, 0.15) is 25.6 Å². The second-order valence-electron chi connectivity index (χ2n) is 4.61. The minimum absolute atomic E-state index is 0.290. The molecule has 1 aromatic heterocycles. The smallest absolute Gasteiger partial charge is 0.203 e. The molecule has 20 heavy (non-hydrogen) atoms. The molecule has 6 heteroatoms. The van der Waals surface area contributed by atoms with Crippen molar-refractivity contribution in [2.45, 2.75) is 19.8 Å². The summed E-state index contributed by atoms with van der Waals surface area (Å²) in [4.78, 5) is 4.47. The van der Waals surface area contributed by atoms with Crippen molar-refractivity contribution in [2.75, 3.05) is 21.3 Å². The van der Waals surface area contributed by atoms with E-state index in [9.17, 15) is 0 Å². The fourth-order valence-corrected chi connectivity index (χ4v) is 1.87. The van der Waals surface area contributed by atoms with E-state index < -0.39 is 0 Å². The number of rotatable bonds is 5. The molecule has 0 bridgehead atoms. The van der Waals surface area contributed by atoms with E-state index in [-0.39, 0.29) is 0 Å². The number of benzene rings is 1. The van der Waals surface area contributed by atoms with Crippen LogP contribution in [0.5, 0.6) is 17.2 Å². The number of methoxy groups -OCH3 is 3. The summed E-state index contributed by atoms with van der Waals surface area (Å²) in [5.74, 6) is 3.45. The zero-order valence-electron chi connectivity index (χ0n) is 12.4. The van der Waals surface area contributed by atoms with Gasteiger partial charge in [0.15, 0.2) is 17.3 Å². The Hall–Kier alpha value is -2.24. The Labute approximate surface area is 118 Å². The quantitative estimate of drug-likeness (QED) is 0.909. The maximum Gasteiger partial charge on any atom is 0.203 e. The van der Waals surface area contributed by atoms with Crippen molar-refractivity contribution >= 4 is 0 Å². The van der Waals surface area contributed by atoms with Gasteiger partial charge in [-0.1, -0.05) is 13.8 Å². The highest BCUT2D eigenvalue weighted by molar-refractivity contribution is 5.66. The third kappa shape index (κ3) is 2.54. The van der Waals surface area contributed by atoms with Crippen LogP contribution in [0.4, 0.5) is 0 Å². The van der Waals surface area contributed by atoms with Gasteiger partial charge in [-0.3, -0.25) is 5.10 Å². The van der Waals surface area contributed by atoms with Crippen LogP contribution in [-0.2, 0) is 0 Å². The van der Waals surface area contributed by atoms with Crippen molar-refractivity contribution < 1.29 is 14.2 Å². The lowest BCUT2D eigenvalue weighted by Gasteiger charge is -2.12. The lowest BCUT2D eigenvalue weighted by Crippen LogP contribution is -1.96. The Morgan fingerprint density at radius 1 is 1.00 bits per heavy atom. The molecule has 0 unspecified atom stereocenters. The number of hydrogen-bond donors (Lipinski definition) is 1. The highest BCUT2D eigenvalue weighted by atomic mass is 16.5. The van der Waals surface area contributed by atoms with Gasteiger partial charge in [-0.25, -0.2) is 4.98 Å². The molecule has 0 aliphatic rings. The molecular weight excluding hydrogens is 258 g/mol. The summed E-state index contributed by atoms with van der Waals surface area (Å²) in [7, 11) is 4.74. The zero-order valence-corrected chi connectivity index (χ0v) is 12.4. The normalized spacial score (nSPS) is 10.7. The number of nitrogens with zero attached hydrogens (tertiary/aromatic N) is 2. The maximum absolute atomic E-state index is 5.32. The van der Waals surface area contributed by atoms with E-state index >= 15 is 0 Å². The largest absolute Gasteiger partial charge is 0.493 e. The molecule has 0 aliphatic carbocycles. The van der Waals surface area contributed by atoms with E-state index in [1.165, 1.54) is 0 Å². The fourth-order valence-electron chi connectivity index (χ4n) is 1.87. The van der Waals surface area contributed by atoms with Gasteiger partial charge in [-0.2, -0.15) is 5.10 Å². The van der Waals surface area contributed by atoms with Gasteiger partial charge in [-0.15, -0.1) is 0 Å². The number of aromatic nitrogens is 3. The molecule has 2 rings (SSSR count). The highest BCUT2D eigenvalue weighted by Crippen LogP contribution is 2.40. The summed E-state index contributed by atoms with van der Waals surface area (Å²) >= 11 is 0. The number of H-pyrrole nitrogens is 1. The molecule has 0 radical (unpaired) electrons. The van der Waals surface area contributed by atoms with E-state index in [1.807, 2.05) is 12.1 Å². The molecular formula is C14H19N3O3. The first-order valence-electron chi connectivity index (χ1n) is 6.33. The Morgan fingerprint density at radius 3 is 2.00 bits per heavy atom. The second kappa shape index (κ2) is 5.81. The lowest BCUT2D eigenvalue weighted by molar-refractivity contribution is 0.324. The van der Waals surface area contributed by atoms with Gasteiger partial charge < -0.3 is 14.2 Å². The van der Waals surface area contributed by atoms with Gasteiger partial charge in [0.2, 0.25) is 5.75 Å². The lowest BCUT2D eigenvalue weighted by atomic mass is 10.1. The molecule has 6 nitrogen and oxygen atoms in total. The molecule has 0 spiro atoms. The summed E-state index contributed by atoms with van der Waals surface area (Å²) in [6, 6.07) is 3.66. The van der Waals surface area contributed by atoms with Crippen molar-refractivity contribution in [3.8, 4) is 28.6 Å². The average Bonchev–Trinajstić information content (AvgIpc) is 2.95. The van der Waals surface area contributed by atoms with Gasteiger partial charge >= 0.3 is 0 Å². The van der Waals surface area contributed by atoms with Crippen LogP contribution >= 0.6 is 0 Å². The van der Waals surface area contributed by atoms with Crippen LogP contribution in [0.2, 0.25) is 0 Å². The summed E-state index contributed by atoms with van der Waals surface area (Å²) in [5.41, 5.74) is 0.808. The van der Waals surface area contributed by atoms with Crippen LogP contribution < -0.4 is 14.2 Å². The van der Waals surface area contributed by atoms with Gasteiger partial charge in [0.25, 0.3) is 0 Å². The van der Waals surface area contributed by atoms with Crippen molar-refractivity contribution in [2.24, 2.45) is 0 Å². The Morgan fingerprint density at radius 2 is 1.60 bits per heavy atom. The van der Waals surface area contributed by atoms with Crippen LogP contribution in [-0.4, -0.2) is 36.5 Å². The van der Waals surface area contributed by atoms with Crippen molar-refractivity contribution in [1.82, 2.24) is 15.2 Å². The summed E-state index contributed by atoms with van der Waals surface area (Å²) < 4.78 is 15.9. The molecule has 0 saturated heterocycles. The van der Waals surface area contributed by atoms with Crippen LogP contribution in [0, 0.1) is 0 Å². The van der Waals surface area contributed by atoms with E-state index in [1.54, 1.807) is 21.3 Å². The molecule has 0 fully saturated rings. The number of nitrogens with one attached hydrogen (secondary N) is 1. The standard InChI is InChI=1S/C14H19N3O3/c1-8(2)13-15-14(17-16-13)9-6-10(18-3)12(20-5)11(7-9)19-4/h6-8H,1-5H3,(H,15,16,17). The third-order valence-electron chi connectivity index (χ3n) is 2.97. The van der Waals surface area contributed by atoms with Crippen molar-refractivity contribution in [1.29, 1.82) is 0 Å². The molecule has 1 aromatic carbocycles. The first kappa shape index (κ1) is 14.2. The summed E-state index contributed by atoms with van der Waals surface area (Å²) in [6.45, 7) is 4.11. The van der Waals surface area contributed by atoms with Gasteiger partial charge in [-0.05, 0) is 12.1 Å². The van der Waals surface area contributed by atoms with Gasteiger partial charge in [0.05, 0.1) is 21.3 Å². The fraction of sp³-hybridized carbons (Fsp3) is 0.429. The number of hydrogen-bond acceptors (Lipinski definition) is 5. The molecule has 1 heterocycles. The predicted molar refractivity (Wildman–Crippen MR) is 75.6 cm³/mol. The SMILES string of the molecule is COc1cc(-c2n[nH]c(C(C)C)n2)cc(OC)c1OC.